The molecule has 0 saturated carbocycles. The number of carboxylic acids is 1. The van der Waals surface area contributed by atoms with Crippen molar-refractivity contribution < 1.29 is 14.7 Å². The topological polar surface area (TPSA) is 57.2 Å². The van der Waals surface area contributed by atoms with Gasteiger partial charge in [-0.2, -0.15) is 0 Å². The molecular weight excluding hydrogens is 228 g/mol. The van der Waals surface area contributed by atoms with Crippen LogP contribution in [0.1, 0.15) is 23.2 Å². The first-order chi connectivity index (χ1) is 7.66. The highest BCUT2D eigenvalue weighted by Gasteiger charge is 2.20. The number of ketones is 1. The van der Waals surface area contributed by atoms with Gasteiger partial charge in [0.05, 0.1) is 11.9 Å². The lowest BCUT2D eigenvalue weighted by molar-refractivity contribution is -0.309. The predicted molar refractivity (Wildman–Crippen MR) is 59.2 cm³/mol. The molecule has 1 atom stereocenters. The molecule has 1 unspecified atom stereocenters. The van der Waals surface area contributed by atoms with E-state index in [1.54, 1.807) is 30.3 Å². The van der Waals surface area contributed by atoms with Gasteiger partial charge in [-0.25, -0.2) is 0 Å². The second-order valence-electron chi connectivity index (χ2n) is 3.43. The van der Waals surface area contributed by atoms with Crippen LogP contribution in [-0.2, 0) is 4.79 Å². The minimum absolute atomic E-state index is 0.222. The lowest BCUT2D eigenvalue weighted by atomic mass is 9.94. The lowest BCUT2D eigenvalue weighted by Crippen LogP contribution is -2.36. The van der Waals surface area contributed by atoms with Gasteiger partial charge in [0.25, 0.3) is 0 Å². The molecule has 0 N–H and O–H groups in total. The molecule has 4 heteroatoms. The molecule has 1 aromatic carbocycles. The van der Waals surface area contributed by atoms with Crippen LogP contribution in [0.5, 0.6) is 0 Å². The summed E-state index contributed by atoms with van der Waals surface area (Å²) in [6.07, 6.45) is 0.707. The maximum absolute atomic E-state index is 11.8. The quantitative estimate of drug-likeness (QED) is 0.427. The van der Waals surface area contributed by atoms with Crippen molar-refractivity contribution in [3.63, 3.8) is 0 Å². The first-order valence-corrected chi connectivity index (χ1v) is 5.56. The summed E-state index contributed by atoms with van der Waals surface area (Å²) in [6.45, 7) is 0. The first kappa shape index (κ1) is 12.7. The summed E-state index contributed by atoms with van der Waals surface area (Å²) in [6, 6.07) is 8.35. The van der Waals surface area contributed by atoms with E-state index >= 15 is 0 Å². The molecule has 0 heterocycles. The van der Waals surface area contributed by atoms with E-state index in [4.69, 9.17) is 11.6 Å². The molecule has 1 rings (SSSR count). The van der Waals surface area contributed by atoms with E-state index in [0.717, 1.165) is 0 Å². The van der Waals surface area contributed by atoms with Crippen molar-refractivity contribution in [1.82, 2.24) is 0 Å². The zero-order chi connectivity index (χ0) is 12.0. The maximum atomic E-state index is 11.8. The number of rotatable bonds is 6. The standard InChI is InChI=1S/C12H13ClO3/c13-8-4-7-10(12(15)16)11(14)9-5-2-1-3-6-9/h1-3,5-6,10H,4,7-8H2,(H,15,16)/p-1. The fraction of sp³-hybridized carbons (Fsp3) is 0.333. The van der Waals surface area contributed by atoms with Crippen molar-refractivity contribution >= 4 is 23.4 Å². The molecule has 16 heavy (non-hydrogen) atoms. The van der Waals surface area contributed by atoms with E-state index < -0.39 is 17.7 Å². The largest absolute Gasteiger partial charge is 0.549 e. The van der Waals surface area contributed by atoms with Crippen LogP contribution in [0, 0.1) is 5.92 Å². The first-order valence-electron chi connectivity index (χ1n) is 5.03. The van der Waals surface area contributed by atoms with Gasteiger partial charge in [-0.15, -0.1) is 11.6 Å². The summed E-state index contributed by atoms with van der Waals surface area (Å²) in [5, 5.41) is 10.8. The molecule has 0 aliphatic rings. The van der Waals surface area contributed by atoms with E-state index in [9.17, 15) is 14.7 Å². The van der Waals surface area contributed by atoms with Gasteiger partial charge in [0.2, 0.25) is 0 Å². The average Bonchev–Trinajstić information content (AvgIpc) is 2.30. The molecule has 0 saturated heterocycles. The highest BCUT2D eigenvalue weighted by molar-refractivity contribution is 6.17. The fourth-order valence-corrected chi connectivity index (χ4v) is 1.60. The van der Waals surface area contributed by atoms with Crippen LogP contribution in [0.25, 0.3) is 0 Å². The Balaban J connectivity index is 2.79. The van der Waals surface area contributed by atoms with Crippen molar-refractivity contribution in [2.45, 2.75) is 12.8 Å². The second-order valence-corrected chi connectivity index (χ2v) is 3.81. The van der Waals surface area contributed by atoms with Gasteiger partial charge in [0, 0.05) is 11.4 Å². The minimum atomic E-state index is -1.33. The Labute approximate surface area is 99.0 Å². The molecule has 86 valence electrons. The average molecular weight is 240 g/mol. The van der Waals surface area contributed by atoms with E-state index in [0.29, 0.717) is 17.9 Å². The van der Waals surface area contributed by atoms with E-state index in [-0.39, 0.29) is 6.42 Å². The van der Waals surface area contributed by atoms with Crippen molar-refractivity contribution in [2.75, 3.05) is 5.88 Å². The Morgan fingerprint density at radius 2 is 1.88 bits per heavy atom. The van der Waals surface area contributed by atoms with Gasteiger partial charge in [-0.3, -0.25) is 4.79 Å². The third-order valence-corrected chi connectivity index (χ3v) is 2.55. The summed E-state index contributed by atoms with van der Waals surface area (Å²) < 4.78 is 0. The number of Topliss-reactive ketones (excluding diaryl/α,β-unsaturated/α-hetero) is 1. The molecule has 0 aliphatic heterocycles. The van der Waals surface area contributed by atoms with Crippen LogP contribution in [0.3, 0.4) is 0 Å². The van der Waals surface area contributed by atoms with Crippen LogP contribution in [0.2, 0.25) is 0 Å². The Morgan fingerprint density at radius 3 is 2.38 bits per heavy atom. The zero-order valence-corrected chi connectivity index (χ0v) is 9.44. The highest BCUT2D eigenvalue weighted by Crippen LogP contribution is 2.14. The molecule has 0 fully saturated rings. The highest BCUT2D eigenvalue weighted by atomic mass is 35.5. The van der Waals surface area contributed by atoms with Crippen molar-refractivity contribution in [3.8, 4) is 0 Å². The molecule has 1 aromatic rings. The molecule has 0 amide bonds. The Kier molecular flexibility index (Phi) is 4.99. The van der Waals surface area contributed by atoms with Gasteiger partial charge < -0.3 is 9.90 Å². The smallest absolute Gasteiger partial charge is 0.171 e. The Morgan fingerprint density at radius 1 is 1.25 bits per heavy atom. The molecule has 0 bridgehead atoms. The van der Waals surface area contributed by atoms with Crippen LogP contribution < -0.4 is 5.11 Å². The SMILES string of the molecule is O=C([O-])C(CCCCl)C(=O)c1ccccc1. The van der Waals surface area contributed by atoms with Crippen LogP contribution in [0.4, 0.5) is 0 Å². The van der Waals surface area contributed by atoms with Crippen LogP contribution in [-0.4, -0.2) is 17.6 Å². The van der Waals surface area contributed by atoms with Crippen molar-refractivity contribution in [3.05, 3.63) is 35.9 Å². The normalized spacial score (nSPS) is 12.1. The molecule has 0 radical (unpaired) electrons. The summed E-state index contributed by atoms with van der Waals surface area (Å²) >= 11 is 5.48. The predicted octanol–water partition coefficient (Wildman–Crippen LogP) is 1.25. The minimum Gasteiger partial charge on any atom is -0.549 e. The monoisotopic (exact) mass is 239 g/mol. The fourth-order valence-electron chi connectivity index (χ4n) is 1.44. The van der Waals surface area contributed by atoms with Gasteiger partial charge in [0.15, 0.2) is 5.78 Å². The van der Waals surface area contributed by atoms with Crippen LogP contribution in [0.15, 0.2) is 30.3 Å². The Bertz CT molecular complexity index is 362. The van der Waals surface area contributed by atoms with E-state index in [2.05, 4.69) is 0 Å². The van der Waals surface area contributed by atoms with Crippen LogP contribution >= 0.6 is 11.6 Å². The number of alkyl halides is 1. The van der Waals surface area contributed by atoms with Gasteiger partial charge >= 0.3 is 0 Å². The van der Waals surface area contributed by atoms with Gasteiger partial charge in [-0.05, 0) is 12.8 Å². The number of benzene rings is 1. The Hall–Kier alpha value is -1.35. The van der Waals surface area contributed by atoms with Gasteiger partial charge in [-0.1, -0.05) is 30.3 Å². The number of carbonyl (C=O) groups is 2. The summed E-state index contributed by atoms with van der Waals surface area (Å²) in [7, 11) is 0. The third kappa shape index (κ3) is 3.35. The maximum Gasteiger partial charge on any atom is 0.171 e. The third-order valence-electron chi connectivity index (χ3n) is 2.29. The van der Waals surface area contributed by atoms with E-state index in [1.807, 2.05) is 0 Å². The zero-order valence-electron chi connectivity index (χ0n) is 8.69. The van der Waals surface area contributed by atoms with Gasteiger partial charge in [0.1, 0.15) is 0 Å². The number of carbonyl (C=O) groups excluding carboxylic acids is 2. The molecular formula is C12H12ClO3-. The van der Waals surface area contributed by atoms with Crippen molar-refractivity contribution in [1.29, 1.82) is 0 Å². The summed E-state index contributed by atoms with van der Waals surface area (Å²) in [4.78, 5) is 22.7. The molecule has 0 aromatic heterocycles. The van der Waals surface area contributed by atoms with Crippen molar-refractivity contribution in [2.24, 2.45) is 5.92 Å². The molecule has 0 spiro atoms. The number of aliphatic carboxylic acids is 1. The number of carboxylic acid groups (broad SMARTS) is 1. The number of halogens is 1. The lowest BCUT2D eigenvalue weighted by Gasteiger charge is -2.16. The number of hydrogen-bond acceptors (Lipinski definition) is 3. The molecule has 0 aliphatic carbocycles. The van der Waals surface area contributed by atoms with E-state index in [1.165, 1.54) is 0 Å². The summed E-state index contributed by atoms with van der Waals surface area (Å²) in [5.74, 6) is -2.50. The molecule has 3 nitrogen and oxygen atoms in total. The number of hydrogen-bond donors (Lipinski definition) is 0. The summed E-state index contributed by atoms with van der Waals surface area (Å²) in [5.41, 5.74) is 0.395. The second kappa shape index (κ2) is 6.28.